The molecule has 3 rings (SSSR count). The molecule has 1 N–H and O–H groups in total. The molecule has 0 aliphatic carbocycles. The number of rotatable bonds is 3. The lowest BCUT2D eigenvalue weighted by atomic mass is 9.96. The Balaban J connectivity index is 2.11. The molecule has 0 spiro atoms. The zero-order chi connectivity index (χ0) is 14.8. The summed E-state index contributed by atoms with van der Waals surface area (Å²) in [6.07, 6.45) is 1.82. The molecule has 0 saturated heterocycles. The van der Waals surface area contributed by atoms with E-state index in [4.69, 9.17) is 0 Å². The number of aryl methyl sites for hydroxylation is 2. The van der Waals surface area contributed by atoms with E-state index in [9.17, 15) is 0 Å². The van der Waals surface area contributed by atoms with Gasteiger partial charge < -0.3 is 5.32 Å². The minimum absolute atomic E-state index is 0.101. The van der Waals surface area contributed by atoms with Crippen LogP contribution < -0.4 is 5.32 Å². The van der Waals surface area contributed by atoms with Crippen LogP contribution in [0.15, 0.2) is 42.6 Å². The predicted molar refractivity (Wildman–Crippen MR) is 84.2 cm³/mol. The summed E-state index contributed by atoms with van der Waals surface area (Å²) >= 11 is 0. The van der Waals surface area contributed by atoms with Crippen molar-refractivity contribution in [3.8, 4) is 0 Å². The maximum absolute atomic E-state index is 4.37. The van der Waals surface area contributed by atoms with E-state index in [0.29, 0.717) is 0 Å². The maximum Gasteiger partial charge on any atom is 0.0702 e. The van der Waals surface area contributed by atoms with Crippen LogP contribution >= 0.6 is 0 Å². The Morgan fingerprint density at radius 3 is 2.71 bits per heavy atom. The van der Waals surface area contributed by atoms with Crippen LogP contribution in [0.2, 0.25) is 0 Å². The third-order valence-corrected chi connectivity index (χ3v) is 3.70. The number of benzene rings is 1. The maximum atomic E-state index is 4.37. The molecule has 1 atom stereocenters. The first-order chi connectivity index (χ1) is 10.2. The Morgan fingerprint density at radius 2 is 1.90 bits per heavy atom. The number of fused-ring (bicyclic) bond motifs is 1. The van der Waals surface area contributed by atoms with Gasteiger partial charge in [0.15, 0.2) is 0 Å². The van der Waals surface area contributed by atoms with Crippen molar-refractivity contribution >= 4 is 10.9 Å². The van der Waals surface area contributed by atoms with Gasteiger partial charge >= 0.3 is 0 Å². The molecule has 2 aromatic heterocycles. The molecule has 1 unspecified atom stereocenters. The fourth-order valence-corrected chi connectivity index (χ4v) is 2.64. The van der Waals surface area contributed by atoms with Gasteiger partial charge in [0.25, 0.3) is 0 Å². The van der Waals surface area contributed by atoms with Crippen LogP contribution in [0.3, 0.4) is 0 Å². The van der Waals surface area contributed by atoms with Crippen LogP contribution in [0.5, 0.6) is 0 Å². The topological polar surface area (TPSA) is 50.7 Å². The number of nitrogens with one attached hydrogen (secondary N) is 1. The van der Waals surface area contributed by atoms with Crippen molar-refractivity contribution < 1.29 is 0 Å². The van der Waals surface area contributed by atoms with E-state index in [2.05, 4.69) is 50.8 Å². The lowest BCUT2D eigenvalue weighted by Gasteiger charge is -2.19. The van der Waals surface area contributed by atoms with E-state index in [0.717, 1.165) is 27.9 Å². The molecule has 0 saturated carbocycles. The third kappa shape index (κ3) is 2.62. The Kier molecular flexibility index (Phi) is 3.62. The van der Waals surface area contributed by atoms with Gasteiger partial charge in [0.2, 0.25) is 0 Å². The zero-order valence-electron chi connectivity index (χ0n) is 12.5. The first-order valence-corrected chi connectivity index (χ1v) is 7.02. The van der Waals surface area contributed by atoms with E-state index in [-0.39, 0.29) is 6.04 Å². The summed E-state index contributed by atoms with van der Waals surface area (Å²) in [5.41, 5.74) is 5.25. The van der Waals surface area contributed by atoms with E-state index in [1.165, 1.54) is 5.56 Å². The average molecular weight is 278 g/mol. The Labute approximate surface area is 124 Å². The molecule has 0 aliphatic rings. The smallest absolute Gasteiger partial charge is 0.0702 e. The van der Waals surface area contributed by atoms with Gasteiger partial charge in [-0.25, -0.2) is 0 Å². The third-order valence-electron chi connectivity index (χ3n) is 3.70. The highest BCUT2D eigenvalue weighted by molar-refractivity contribution is 5.79. The average Bonchev–Trinajstić information content (AvgIpc) is 2.51. The van der Waals surface area contributed by atoms with Gasteiger partial charge in [-0.2, -0.15) is 10.2 Å². The molecule has 1 aromatic carbocycles. The highest BCUT2D eigenvalue weighted by Crippen LogP contribution is 2.26. The predicted octanol–water partition coefficient (Wildman–Crippen LogP) is 2.95. The zero-order valence-corrected chi connectivity index (χ0v) is 12.5. The SMILES string of the molecule is CNC(c1ccc2ncccc2c1)c1cc(C)nnc1C. The number of pyridine rings is 1. The Bertz CT molecular complexity index is 783. The summed E-state index contributed by atoms with van der Waals surface area (Å²) in [5, 5.41) is 12.9. The number of hydrogen-bond acceptors (Lipinski definition) is 4. The van der Waals surface area contributed by atoms with Gasteiger partial charge in [-0.1, -0.05) is 12.1 Å². The second kappa shape index (κ2) is 5.58. The van der Waals surface area contributed by atoms with Crippen LogP contribution in [0, 0.1) is 13.8 Å². The number of nitrogens with zero attached hydrogens (tertiary/aromatic N) is 3. The first-order valence-electron chi connectivity index (χ1n) is 7.02. The summed E-state index contributed by atoms with van der Waals surface area (Å²) in [4.78, 5) is 4.37. The van der Waals surface area contributed by atoms with Crippen molar-refractivity contribution in [3.05, 3.63) is 65.1 Å². The summed E-state index contributed by atoms with van der Waals surface area (Å²) in [6, 6.07) is 12.6. The van der Waals surface area contributed by atoms with Crippen LogP contribution in [-0.4, -0.2) is 22.2 Å². The minimum Gasteiger partial charge on any atom is -0.309 e. The number of hydrogen-bond donors (Lipinski definition) is 1. The lowest BCUT2D eigenvalue weighted by molar-refractivity contribution is 0.676. The molecule has 0 amide bonds. The molecule has 0 radical (unpaired) electrons. The van der Waals surface area contributed by atoms with Gasteiger partial charge in [-0.05, 0) is 56.3 Å². The van der Waals surface area contributed by atoms with Crippen molar-refractivity contribution in [2.24, 2.45) is 0 Å². The first kappa shape index (κ1) is 13.6. The summed E-state index contributed by atoms with van der Waals surface area (Å²) in [5.74, 6) is 0. The highest BCUT2D eigenvalue weighted by atomic mass is 15.1. The minimum atomic E-state index is 0.101. The van der Waals surface area contributed by atoms with Crippen molar-refractivity contribution in [3.63, 3.8) is 0 Å². The lowest BCUT2D eigenvalue weighted by Crippen LogP contribution is -2.19. The quantitative estimate of drug-likeness (QED) is 0.800. The monoisotopic (exact) mass is 278 g/mol. The van der Waals surface area contributed by atoms with E-state index in [1.54, 1.807) is 0 Å². The largest absolute Gasteiger partial charge is 0.309 e. The van der Waals surface area contributed by atoms with Crippen molar-refractivity contribution in [1.82, 2.24) is 20.5 Å². The fraction of sp³-hybridized carbons (Fsp3) is 0.235. The Morgan fingerprint density at radius 1 is 1.05 bits per heavy atom. The van der Waals surface area contributed by atoms with E-state index < -0.39 is 0 Å². The fourth-order valence-electron chi connectivity index (χ4n) is 2.64. The molecule has 2 heterocycles. The standard InChI is InChI=1S/C17H18N4/c1-11-9-15(12(2)21-20-11)17(18-3)14-6-7-16-13(10-14)5-4-8-19-16/h4-10,17-18H,1-3H3. The van der Waals surface area contributed by atoms with E-state index >= 15 is 0 Å². The second-order valence-corrected chi connectivity index (χ2v) is 5.20. The molecule has 4 heteroatoms. The van der Waals surface area contributed by atoms with Gasteiger partial charge in [-0.3, -0.25) is 4.98 Å². The second-order valence-electron chi connectivity index (χ2n) is 5.20. The van der Waals surface area contributed by atoms with Crippen LogP contribution in [-0.2, 0) is 0 Å². The molecule has 3 aromatic rings. The Hall–Kier alpha value is -2.33. The van der Waals surface area contributed by atoms with Gasteiger partial charge in [0.05, 0.1) is 22.9 Å². The number of aromatic nitrogens is 3. The van der Waals surface area contributed by atoms with Crippen molar-refractivity contribution in [1.29, 1.82) is 0 Å². The van der Waals surface area contributed by atoms with E-state index in [1.807, 2.05) is 33.2 Å². The molecule has 0 bridgehead atoms. The highest BCUT2D eigenvalue weighted by Gasteiger charge is 2.16. The molecular formula is C17H18N4. The molecular weight excluding hydrogens is 260 g/mol. The van der Waals surface area contributed by atoms with Gasteiger partial charge in [0, 0.05) is 11.6 Å². The molecule has 0 aliphatic heterocycles. The van der Waals surface area contributed by atoms with Gasteiger partial charge in [-0.15, -0.1) is 0 Å². The van der Waals surface area contributed by atoms with Crippen molar-refractivity contribution in [2.45, 2.75) is 19.9 Å². The normalized spacial score (nSPS) is 12.5. The molecule has 0 fully saturated rings. The van der Waals surface area contributed by atoms with Crippen LogP contribution in [0.1, 0.15) is 28.6 Å². The molecule has 4 nitrogen and oxygen atoms in total. The molecule has 106 valence electrons. The summed E-state index contributed by atoms with van der Waals surface area (Å²) in [7, 11) is 1.97. The van der Waals surface area contributed by atoms with Crippen LogP contribution in [0.4, 0.5) is 0 Å². The van der Waals surface area contributed by atoms with Gasteiger partial charge in [0.1, 0.15) is 0 Å². The van der Waals surface area contributed by atoms with Crippen molar-refractivity contribution in [2.75, 3.05) is 7.05 Å². The summed E-state index contributed by atoms with van der Waals surface area (Å²) in [6.45, 7) is 3.96. The molecule has 21 heavy (non-hydrogen) atoms. The summed E-state index contributed by atoms with van der Waals surface area (Å²) < 4.78 is 0. The van der Waals surface area contributed by atoms with Crippen LogP contribution in [0.25, 0.3) is 10.9 Å².